The van der Waals surface area contributed by atoms with Crippen LogP contribution in [0, 0.1) is 0 Å². The number of anilines is 1. The molecule has 0 spiro atoms. The molecule has 1 heterocycles. The van der Waals surface area contributed by atoms with E-state index in [9.17, 15) is 0 Å². The predicted octanol–water partition coefficient (Wildman–Crippen LogP) is 2.11. The monoisotopic (exact) mass is 325 g/mol. The van der Waals surface area contributed by atoms with Crippen LogP contribution in [0.4, 0.5) is 5.69 Å². The van der Waals surface area contributed by atoms with E-state index in [1.54, 1.807) is 11.8 Å². The van der Waals surface area contributed by atoms with Crippen molar-refractivity contribution in [1.82, 2.24) is 20.2 Å². The molecule has 0 atom stereocenters. The molecule has 7 heteroatoms. The Morgan fingerprint density at radius 2 is 2.21 bits per heavy atom. The summed E-state index contributed by atoms with van der Waals surface area (Å²) in [7, 11) is 1.70. The molecule has 2 aromatic rings. The Morgan fingerprint density at radius 3 is 3.00 bits per heavy atom. The number of nitrogens with zero attached hydrogens (tertiary/aromatic N) is 4. The van der Waals surface area contributed by atoms with Gasteiger partial charge >= 0.3 is 0 Å². The number of halogens is 1. The van der Waals surface area contributed by atoms with Crippen molar-refractivity contribution in [2.75, 3.05) is 19.5 Å². The van der Waals surface area contributed by atoms with Crippen LogP contribution >= 0.6 is 15.9 Å². The normalized spacial score (nSPS) is 10.8. The highest BCUT2D eigenvalue weighted by molar-refractivity contribution is 9.10. The molecule has 0 bridgehead atoms. The number of rotatable bonds is 6. The maximum atomic E-state index is 5.81. The number of unbranched alkanes of at least 4 members (excludes halogenated alkanes) is 1. The molecule has 102 valence electrons. The number of hydrogen-bond acceptors (Lipinski definition) is 5. The van der Waals surface area contributed by atoms with Crippen LogP contribution in [0.25, 0.3) is 11.4 Å². The summed E-state index contributed by atoms with van der Waals surface area (Å²) in [5.74, 6) is 0.719. The molecule has 0 aliphatic carbocycles. The lowest BCUT2D eigenvalue weighted by atomic mass is 10.2. The number of hydrogen-bond donors (Lipinski definition) is 1. The van der Waals surface area contributed by atoms with Gasteiger partial charge in [0.2, 0.25) is 0 Å². The number of nitrogens with two attached hydrogens (primary N) is 1. The lowest BCUT2D eigenvalue weighted by Crippen LogP contribution is -2.04. The van der Waals surface area contributed by atoms with Crippen molar-refractivity contribution in [2.45, 2.75) is 19.4 Å². The van der Waals surface area contributed by atoms with E-state index in [2.05, 4.69) is 31.5 Å². The molecule has 2 rings (SSSR count). The zero-order chi connectivity index (χ0) is 13.7. The van der Waals surface area contributed by atoms with Crippen molar-refractivity contribution in [1.29, 1.82) is 0 Å². The van der Waals surface area contributed by atoms with Gasteiger partial charge in [0, 0.05) is 36.0 Å². The van der Waals surface area contributed by atoms with Crippen molar-refractivity contribution in [3.05, 3.63) is 22.7 Å². The van der Waals surface area contributed by atoms with Crippen LogP contribution in [0.2, 0.25) is 0 Å². The number of aryl methyl sites for hydroxylation is 1. The zero-order valence-electron chi connectivity index (χ0n) is 10.7. The van der Waals surface area contributed by atoms with Gasteiger partial charge in [-0.2, -0.15) is 0 Å². The fraction of sp³-hybridized carbons (Fsp3) is 0.417. The average Bonchev–Trinajstić information content (AvgIpc) is 2.86. The van der Waals surface area contributed by atoms with E-state index in [1.165, 1.54) is 0 Å². The number of aromatic nitrogens is 4. The summed E-state index contributed by atoms with van der Waals surface area (Å²) < 4.78 is 7.74. The number of tetrazole rings is 1. The first-order valence-corrected chi connectivity index (χ1v) is 6.82. The van der Waals surface area contributed by atoms with Crippen molar-refractivity contribution in [3.8, 4) is 11.4 Å². The summed E-state index contributed by atoms with van der Waals surface area (Å²) >= 11 is 3.49. The van der Waals surface area contributed by atoms with E-state index in [-0.39, 0.29) is 0 Å². The van der Waals surface area contributed by atoms with Gasteiger partial charge in [0.15, 0.2) is 5.82 Å². The van der Waals surface area contributed by atoms with Crippen molar-refractivity contribution in [2.24, 2.45) is 0 Å². The first kappa shape index (κ1) is 14.0. The zero-order valence-corrected chi connectivity index (χ0v) is 12.3. The second kappa shape index (κ2) is 6.63. The highest BCUT2D eigenvalue weighted by Crippen LogP contribution is 2.28. The van der Waals surface area contributed by atoms with Gasteiger partial charge in [-0.25, -0.2) is 4.68 Å². The summed E-state index contributed by atoms with van der Waals surface area (Å²) in [6, 6.07) is 5.59. The van der Waals surface area contributed by atoms with Gasteiger partial charge < -0.3 is 10.5 Å². The Hall–Kier alpha value is -1.47. The van der Waals surface area contributed by atoms with Gasteiger partial charge in [-0.15, -0.1) is 5.10 Å². The molecular weight excluding hydrogens is 310 g/mol. The molecular formula is C12H16BrN5O. The summed E-state index contributed by atoms with van der Waals surface area (Å²) in [6.07, 6.45) is 1.94. The van der Waals surface area contributed by atoms with Crippen molar-refractivity contribution < 1.29 is 4.74 Å². The summed E-state index contributed by atoms with van der Waals surface area (Å²) in [4.78, 5) is 0. The fourth-order valence-electron chi connectivity index (χ4n) is 1.77. The molecule has 6 nitrogen and oxygen atoms in total. The molecule has 19 heavy (non-hydrogen) atoms. The number of benzene rings is 1. The second-order valence-corrected chi connectivity index (χ2v) is 5.02. The standard InChI is InChI=1S/C12H16BrN5O/c1-19-7-3-2-6-18-12(15-16-17-18)10-8-9(14)4-5-11(10)13/h4-5,8H,2-3,6-7,14H2,1H3. The van der Waals surface area contributed by atoms with Crippen molar-refractivity contribution in [3.63, 3.8) is 0 Å². The average molecular weight is 326 g/mol. The van der Waals surface area contributed by atoms with Crippen LogP contribution in [-0.4, -0.2) is 33.9 Å². The lowest BCUT2D eigenvalue weighted by molar-refractivity contribution is 0.191. The summed E-state index contributed by atoms with van der Waals surface area (Å²) in [6.45, 7) is 1.51. The van der Waals surface area contributed by atoms with E-state index >= 15 is 0 Å². The first-order valence-electron chi connectivity index (χ1n) is 6.03. The number of methoxy groups -OCH3 is 1. The first-order chi connectivity index (χ1) is 9.22. The third-order valence-electron chi connectivity index (χ3n) is 2.73. The van der Waals surface area contributed by atoms with Gasteiger partial charge in [-0.05, 0) is 41.5 Å². The molecule has 0 saturated carbocycles. The van der Waals surface area contributed by atoms with Gasteiger partial charge in [0.25, 0.3) is 0 Å². The van der Waals surface area contributed by atoms with Crippen LogP contribution in [-0.2, 0) is 11.3 Å². The van der Waals surface area contributed by atoms with Crippen LogP contribution in [0.1, 0.15) is 12.8 Å². The van der Waals surface area contributed by atoms with E-state index in [4.69, 9.17) is 10.5 Å². The highest BCUT2D eigenvalue weighted by atomic mass is 79.9. The molecule has 0 saturated heterocycles. The van der Waals surface area contributed by atoms with Gasteiger partial charge in [-0.1, -0.05) is 15.9 Å². The van der Waals surface area contributed by atoms with E-state index in [1.807, 2.05) is 18.2 Å². The molecule has 0 fully saturated rings. The topological polar surface area (TPSA) is 78.8 Å². The molecule has 0 aliphatic heterocycles. The Bertz CT molecular complexity index is 543. The third-order valence-corrected chi connectivity index (χ3v) is 3.42. The number of nitrogen functional groups attached to an aromatic ring is 1. The molecule has 0 amide bonds. The highest BCUT2D eigenvalue weighted by Gasteiger charge is 2.12. The summed E-state index contributed by atoms with van der Waals surface area (Å²) in [5.41, 5.74) is 7.40. The number of ether oxygens (including phenoxy) is 1. The minimum absolute atomic E-state index is 0.687. The second-order valence-electron chi connectivity index (χ2n) is 4.16. The van der Waals surface area contributed by atoms with Gasteiger partial charge in [-0.3, -0.25) is 0 Å². The van der Waals surface area contributed by atoms with Gasteiger partial charge in [0.1, 0.15) is 0 Å². The maximum absolute atomic E-state index is 5.81. The lowest BCUT2D eigenvalue weighted by Gasteiger charge is -2.07. The van der Waals surface area contributed by atoms with Crippen LogP contribution < -0.4 is 5.73 Å². The Labute approximate surface area is 120 Å². The van der Waals surface area contributed by atoms with E-state index in [0.717, 1.165) is 41.9 Å². The van der Waals surface area contributed by atoms with E-state index < -0.39 is 0 Å². The van der Waals surface area contributed by atoms with Crippen LogP contribution in [0.15, 0.2) is 22.7 Å². The predicted molar refractivity (Wildman–Crippen MR) is 76.5 cm³/mol. The fourth-order valence-corrected chi connectivity index (χ4v) is 2.19. The van der Waals surface area contributed by atoms with Gasteiger partial charge in [0.05, 0.1) is 0 Å². The van der Waals surface area contributed by atoms with Crippen molar-refractivity contribution >= 4 is 21.6 Å². The third kappa shape index (κ3) is 3.51. The Balaban J connectivity index is 2.16. The molecule has 0 radical (unpaired) electrons. The minimum atomic E-state index is 0.687. The quantitative estimate of drug-likeness (QED) is 0.650. The van der Waals surface area contributed by atoms with E-state index in [0.29, 0.717) is 5.69 Å². The Morgan fingerprint density at radius 1 is 1.37 bits per heavy atom. The molecule has 0 unspecified atom stereocenters. The van der Waals surface area contributed by atoms with Crippen LogP contribution in [0.5, 0.6) is 0 Å². The maximum Gasteiger partial charge on any atom is 0.183 e. The molecule has 0 aliphatic rings. The summed E-state index contributed by atoms with van der Waals surface area (Å²) in [5, 5.41) is 11.8. The minimum Gasteiger partial charge on any atom is -0.399 e. The largest absolute Gasteiger partial charge is 0.399 e. The molecule has 1 aromatic carbocycles. The Kier molecular flexibility index (Phi) is 4.86. The SMILES string of the molecule is COCCCCn1nnnc1-c1cc(N)ccc1Br. The smallest absolute Gasteiger partial charge is 0.183 e. The molecule has 2 N–H and O–H groups in total. The van der Waals surface area contributed by atoms with Crippen LogP contribution in [0.3, 0.4) is 0 Å². The molecule has 1 aromatic heterocycles.